The molecule has 0 unspecified atom stereocenters. The molecule has 1 aromatic carbocycles. The van der Waals surface area contributed by atoms with E-state index in [-0.39, 0.29) is 0 Å². The van der Waals surface area contributed by atoms with Crippen LogP contribution >= 0.6 is 22.7 Å². The number of H-pyrrole nitrogens is 1. The molecule has 3 nitrogen and oxygen atoms in total. The van der Waals surface area contributed by atoms with Gasteiger partial charge >= 0.3 is 0 Å². The van der Waals surface area contributed by atoms with E-state index < -0.39 is 5.91 Å². The van der Waals surface area contributed by atoms with Crippen LogP contribution in [-0.4, -0.2) is 10.9 Å². The highest BCUT2D eigenvalue weighted by molar-refractivity contribution is 7.17. The van der Waals surface area contributed by atoms with Gasteiger partial charge in [-0.05, 0) is 29.0 Å². The fourth-order valence-corrected chi connectivity index (χ4v) is 4.30. The summed E-state index contributed by atoms with van der Waals surface area (Å²) in [6.45, 7) is 0. The van der Waals surface area contributed by atoms with Crippen molar-refractivity contribution in [3.8, 4) is 21.7 Å². The summed E-state index contributed by atoms with van der Waals surface area (Å²) in [7, 11) is 0. The Morgan fingerprint density at radius 2 is 1.86 bits per heavy atom. The molecule has 0 fully saturated rings. The standard InChI is InChI=1S/C17H12N2OS2/c18-16(20)11-5-2-1-4-10(11)15-14(13-6-3-8-21-13)12-7-9-22-17(12)19-15/h1-9,19H,(H2,18,20). The molecule has 22 heavy (non-hydrogen) atoms. The zero-order chi connectivity index (χ0) is 15.1. The van der Waals surface area contributed by atoms with Crippen LogP contribution in [0.3, 0.4) is 0 Å². The van der Waals surface area contributed by atoms with Crippen molar-refractivity contribution in [2.75, 3.05) is 0 Å². The van der Waals surface area contributed by atoms with Gasteiger partial charge < -0.3 is 10.7 Å². The Labute approximate surface area is 135 Å². The van der Waals surface area contributed by atoms with Crippen LogP contribution in [0.1, 0.15) is 10.4 Å². The van der Waals surface area contributed by atoms with Gasteiger partial charge in [-0.3, -0.25) is 4.79 Å². The number of aromatic nitrogens is 1. The lowest BCUT2D eigenvalue weighted by Crippen LogP contribution is -2.12. The second kappa shape index (κ2) is 5.12. The Kier molecular flexibility index (Phi) is 3.10. The van der Waals surface area contributed by atoms with Gasteiger partial charge in [0, 0.05) is 27.0 Å². The number of rotatable bonds is 3. The zero-order valence-electron chi connectivity index (χ0n) is 11.5. The van der Waals surface area contributed by atoms with Crippen molar-refractivity contribution in [2.45, 2.75) is 0 Å². The highest BCUT2D eigenvalue weighted by Crippen LogP contribution is 2.42. The van der Waals surface area contributed by atoms with Gasteiger partial charge in [0.05, 0.1) is 5.69 Å². The molecule has 5 heteroatoms. The number of fused-ring (bicyclic) bond motifs is 1. The molecule has 0 bridgehead atoms. The largest absolute Gasteiger partial charge is 0.366 e. The van der Waals surface area contributed by atoms with Gasteiger partial charge in [0.2, 0.25) is 5.91 Å². The molecular formula is C17H12N2OS2. The summed E-state index contributed by atoms with van der Waals surface area (Å²) in [5.74, 6) is -0.411. The van der Waals surface area contributed by atoms with E-state index in [0.29, 0.717) is 5.56 Å². The van der Waals surface area contributed by atoms with Crippen LogP contribution in [-0.2, 0) is 0 Å². The first-order chi connectivity index (χ1) is 10.8. The normalized spacial score (nSPS) is 11.1. The smallest absolute Gasteiger partial charge is 0.249 e. The van der Waals surface area contributed by atoms with Crippen molar-refractivity contribution >= 4 is 38.8 Å². The average molecular weight is 324 g/mol. The van der Waals surface area contributed by atoms with Gasteiger partial charge in [0.1, 0.15) is 4.83 Å². The monoisotopic (exact) mass is 324 g/mol. The molecule has 0 aliphatic rings. The van der Waals surface area contributed by atoms with Crippen molar-refractivity contribution < 1.29 is 4.79 Å². The van der Waals surface area contributed by atoms with E-state index in [2.05, 4.69) is 27.9 Å². The van der Waals surface area contributed by atoms with E-state index in [1.807, 2.05) is 24.3 Å². The van der Waals surface area contributed by atoms with Gasteiger partial charge in [0.25, 0.3) is 0 Å². The molecule has 4 rings (SSSR count). The van der Waals surface area contributed by atoms with Crippen LogP contribution in [0.25, 0.3) is 31.9 Å². The van der Waals surface area contributed by atoms with E-state index in [1.54, 1.807) is 28.7 Å². The van der Waals surface area contributed by atoms with Crippen molar-refractivity contribution in [1.82, 2.24) is 4.98 Å². The van der Waals surface area contributed by atoms with E-state index in [4.69, 9.17) is 5.73 Å². The average Bonchev–Trinajstić information content (AvgIpc) is 3.23. The predicted molar refractivity (Wildman–Crippen MR) is 93.4 cm³/mol. The van der Waals surface area contributed by atoms with Crippen LogP contribution in [0.15, 0.2) is 53.2 Å². The molecule has 0 spiro atoms. The van der Waals surface area contributed by atoms with E-state index in [0.717, 1.165) is 21.7 Å². The predicted octanol–water partition coefficient (Wildman–Crippen LogP) is 4.72. The SMILES string of the molecule is NC(=O)c1ccccc1-c1[nH]c2sccc2c1-c1cccs1. The molecule has 1 amide bonds. The van der Waals surface area contributed by atoms with Gasteiger partial charge in [-0.15, -0.1) is 22.7 Å². The lowest BCUT2D eigenvalue weighted by molar-refractivity contribution is 0.100. The third kappa shape index (κ3) is 1.98. The van der Waals surface area contributed by atoms with Crippen LogP contribution in [0.2, 0.25) is 0 Å². The second-order valence-corrected chi connectivity index (χ2v) is 6.79. The third-order valence-electron chi connectivity index (χ3n) is 3.65. The molecule has 3 N–H and O–H groups in total. The Bertz CT molecular complexity index is 964. The third-order valence-corrected chi connectivity index (χ3v) is 5.37. The number of thiophene rings is 2. The number of aromatic amines is 1. The molecule has 0 aliphatic carbocycles. The summed E-state index contributed by atoms with van der Waals surface area (Å²) >= 11 is 3.35. The fraction of sp³-hybridized carbons (Fsp3) is 0. The summed E-state index contributed by atoms with van der Waals surface area (Å²) < 4.78 is 0. The number of primary amides is 1. The molecule has 0 radical (unpaired) electrons. The first kappa shape index (κ1) is 13.3. The molecule has 4 aromatic rings. The fourth-order valence-electron chi connectivity index (χ4n) is 2.71. The molecule has 0 saturated heterocycles. The number of hydrogen-bond acceptors (Lipinski definition) is 3. The summed E-state index contributed by atoms with van der Waals surface area (Å²) in [6.07, 6.45) is 0. The number of carbonyl (C=O) groups is 1. The number of hydrogen-bond donors (Lipinski definition) is 2. The van der Waals surface area contributed by atoms with Crippen molar-refractivity contribution in [2.24, 2.45) is 5.73 Å². The molecule has 0 saturated carbocycles. The maximum Gasteiger partial charge on any atom is 0.249 e. The molecule has 0 aliphatic heterocycles. The van der Waals surface area contributed by atoms with Crippen molar-refractivity contribution in [3.63, 3.8) is 0 Å². The summed E-state index contributed by atoms with van der Waals surface area (Å²) in [4.78, 5) is 17.5. The Hall–Kier alpha value is -2.37. The number of amides is 1. The number of nitrogens with two attached hydrogens (primary N) is 1. The van der Waals surface area contributed by atoms with E-state index >= 15 is 0 Å². The van der Waals surface area contributed by atoms with Gasteiger partial charge in [-0.2, -0.15) is 0 Å². The maximum atomic E-state index is 11.8. The number of nitrogens with one attached hydrogen (secondary N) is 1. The van der Waals surface area contributed by atoms with Gasteiger partial charge in [0.15, 0.2) is 0 Å². The van der Waals surface area contributed by atoms with Crippen LogP contribution in [0.5, 0.6) is 0 Å². The summed E-state index contributed by atoms with van der Waals surface area (Å²) in [5, 5.41) is 5.31. The van der Waals surface area contributed by atoms with E-state index in [1.165, 1.54) is 10.3 Å². The first-order valence-corrected chi connectivity index (χ1v) is 8.54. The van der Waals surface area contributed by atoms with Gasteiger partial charge in [-0.25, -0.2) is 0 Å². The highest BCUT2D eigenvalue weighted by atomic mass is 32.1. The minimum Gasteiger partial charge on any atom is -0.366 e. The molecular weight excluding hydrogens is 312 g/mol. The zero-order valence-corrected chi connectivity index (χ0v) is 13.1. The molecule has 108 valence electrons. The Balaban J connectivity index is 2.06. The quantitative estimate of drug-likeness (QED) is 0.562. The number of benzene rings is 1. The Morgan fingerprint density at radius 1 is 1.00 bits per heavy atom. The van der Waals surface area contributed by atoms with Crippen LogP contribution < -0.4 is 5.73 Å². The molecule has 0 atom stereocenters. The van der Waals surface area contributed by atoms with Crippen LogP contribution in [0, 0.1) is 0 Å². The first-order valence-electron chi connectivity index (χ1n) is 6.78. The second-order valence-electron chi connectivity index (χ2n) is 4.93. The maximum absolute atomic E-state index is 11.8. The van der Waals surface area contributed by atoms with Crippen LogP contribution in [0.4, 0.5) is 0 Å². The molecule has 3 heterocycles. The topological polar surface area (TPSA) is 58.9 Å². The minimum absolute atomic E-state index is 0.411. The molecule has 3 aromatic heterocycles. The summed E-state index contributed by atoms with van der Waals surface area (Å²) in [5.41, 5.74) is 9.02. The number of carbonyl (C=O) groups excluding carboxylic acids is 1. The van der Waals surface area contributed by atoms with E-state index in [9.17, 15) is 4.79 Å². The van der Waals surface area contributed by atoms with Crippen molar-refractivity contribution in [3.05, 3.63) is 58.8 Å². The lowest BCUT2D eigenvalue weighted by atomic mass is 9.99. The van der Waals surface area contributed by atoms with Crippen molar-refractivity contribution in [1.29, 1.82) is 0 Å². The Morgan fingerprint density at radius 3 is 2.64 bits per heavy atom. The minimum atomic E-state index is -0.411. The van der Waals surface area contributed by atoms with Gasteiger partial charge in [-0.1, -0.05) is 24.3 Å². The highest BCUT2D eigenvalue weighted by Gasteiger charge is 2.19. The summed E-state index contributed by atoms with van der Waals surface area (Å²) in [6, 6.07) is 13.7. The lowest BCUT2D eigenvalue weighted by Gasteiger charge is -2.07.